The third kappa shape index (κ3) is 3.03. The summed E-state index contributed by atoms with van der Waals surface area (Å²) >= 11 is 1.81. The van der Waals surface area contributed by atoms with Crippen molar-refractivity contribution in [2.45, 2.75) is 38.1 Å². The van der Waals surface area contributed by atoms with Gasteiger partial charge in [0.05, 0.1) is 10.7 Å². The Labute approximate surface area is 102 Å². The van der Waals surface area contributed by atoms with Gasteiger partial charge in [0.15, 0.2) is 0 Å². The van der Waals surface area contributed by atoms with Gasteiger partial charge in [0.1, 0.15) is 0 Å². The van der Waals surface area contributed by atoms with Crippen molar-refractivity contribution >= 4 is 11.3 Å². The lowest BCUT2D eigenvalue weighted by molar-refractivity contribution is 0.250. The molecule has 2 rings (SSSR count). The Bertz CT molecular complexity index is 335. The van der Waals surface area contributed by atoms with E-state index in [9.17, 15) is 0 Å². The molecule has 0 radical (unpaired) electrons. The highest BCUT2D eigenvalue weighted by atomic mass is 32.1. The first-order valence-corrected chi connectivity index (χ1v) is 6.91. The zero-order valence-electron chi connectivity index (χ0n) is 10.1. The number of aromatic nitrogens is 1. The van der Waals surface area contributed by atoms with E-state index < -0.39 is 0 Å². The molecule has 1 saturated heterocycles. The Balaban J connectivity index is 2.00. The van der Waals surface area contributed by atoms with Crippen molar-refractivity contribution in [1.82, 2.24) is 9.88 Å². The molecule has 0 saturated carbocycles. The van der Waals surface area contributed by atoms with Crippen molar-refractivity contribution in [3.8, 4) is 0 Å². The van der Waals surface area contributed by atoms with Crippen LogP contribution >= 0.6 is 11.3 Å². The maximum absolute atomic E-state index is 5.79. The van der Waals surface area contributed by atoms with Gasteiger partial charge in [0.25, 0.3) is 0 Å². The molecule has 1 aliphatic heterocycles. The Morgan fingerprint density at radius 2 is 2.50 bits per heavy atom. The Kier molecular flexibility index (Phi) is 3.95. The SMILES string of the molecule is CC(N)Cc1csc(C2CCCN(C)C2)n1. The molecule has 16 heavy (non-hydrogen) atoms. The predicted molar refractivity (Wildman–Crippen MR) is 68.9 cm³/mol. The third-order valence-electron chi connectivity index (χ3n) is 3.07. The molecule has 0 aliphatic carbocycles. The van der Waals surface area contributed by atoms with Crippen LogP contribution in [-0.2, 0) is 6.42 Å². The second kappa shape index (κ2) is 5.25. The Morgan fingerprint density at radius 1 is 1.69 bits per heavy atom. The molecule has 0 aromatic carbocycles. The number of thiazole rings is 1. The van der Waals surface area contributed by atoms with Crippen LogP contribution in [0.15, 0.2) is 5.38 Å². The predicted octanol–water partition coefficient (Wildman–Crippen LogP) is 1.84. The summed E-state index contributed by atoms with van der Waals surface area (Å²) in [5.41, 5.74) is 6.96. The van der Waals surface area contributed by atoms with Crippen LogP contribution in [0, 0.1) is 0 Å². The molecular formula is C12H21N3S. The largest absolute Gasteiger partial charge is 0.328 e. The molecule has 2 atom stereocenters. The zero-order chi connectivity index (χ0) is 11.5. The van der Waals surface area contributed by atoms with Gasteiger partial charge in [-0.2, -0.15) is 0 Å². The van der Waals surface area contributed by atoms with Crippen LogP contribution in [0.25, 0.3) is 0 Å². The van der Waals surface area contributed by atoms with E-state index in [1.807, 2.05) is 6.92 Å². The van der Waals surface area contributed by atoms with Gasteiger partial charge in [-0.1, -0.05) is 0 Å². The molecule has 3 nitrogen and oxygen atoms in total. The van der Waals surface area contributed by atoms with Crippen molar-refractivity contribution in [2.75, 3.05) is 20.1 Å². The van der Waals surface area contributed by atoms with Gasteiger partial charge in [-0.05, 0) is 33.4 Å². The van der Waals surface area contributed by atoms with E-state index in [-0.39, 0.29) is 6.04 Å². The average molecular weight is 239 g/mol. The summed E-state index contributed by atoms with van der Waals surface area (Å²) in [7, 11) is 2.20. The molecule has 4 heteroatoms. The van der Waals surface area contributed by atoms with Crippen molar-refractivity contribution in [1.29, 1.82) is 0 Å². The van der Waals surface area contributed by atoms with Crippen molar-refractivity contribution < 1.29 is 0 Å². The first kappa shape index (κ1) is 12.0. The minimum atomic E-state index is 0.212. The highest BCUT2D eigenvalue weighted by Crippen LogP contribution is 2.28. The molecule has 2 N–H and O–H groups in total. The van der Waals surface area contributed by atoms with Crippen molar-refractivity contribution in [3.63, 3.8) is 0 Å². The first-order chi connectivity index (χ1) is 7.65. The molecule has 0 bridgehead atoms. The van der Waals surface area contributed by atoms with Crippen molar-refractivity contribution in [2.24, 2.45) is 5.73 Å². The van der Waals surface area contributed by atoms with Gasteiger partial charge in [-0.25, -0.2) is 4.98 Å². The maximum atomic E-state index is 5.79. The fraction of sp³-hybridized carbons (Fsp3) is 0.750. The molecule has 90 valence electrons. The number of likely N-dealkylation sites (tertiary alicyclic amines) is 1. The lowest BCUT2D eigenvalue weighted by atomic mass is 9.99. The molecule has 2 unspecified atom stereocenters. The number of rotatable bonds is 3. The summed E-state index contributed by atoms with van der Waals surface area (Å²) in [6.45, 7) is 4.42. The Morgan fingerprint density at radius 3 is 3.19 bits per heavy atom. The quantitative estimate of drug-likeness (QED) is 0.875. The van der Waals surface area contributed by atoms with Gasteiger partial charge in [0, 0.05) is 30.3 Å². The summed E-state index contributed by atoms with van der Waals surface area (Å²) < 4.78 is 0. The van der Waals surface area contributed by atoms with Gasteiger partial charge < -0.3 is 10.6 Å². The van der Waals surface area contributed by atoms with Crippen LogP contribution in [0.3, 0.4) is 0 Å². The van der Waals surface area contributed by atoms with E-state index >= 15 is 0 Å². The highest BCUT2D eigenvalue weighted by Gasteiger charge is 2.21. The van der Waals surface area contributed by atoms with E-state index in [0.29, 0.717) is 5.92 Å². The topological polar surface area (TPSA) is 42.1 Å². The molecule has 1 aromatic heterocycles. The summed E-state index contributed by atoms with van der Waals surface area (Å²) in [5, 5.41) is 3.48. The average Bonchev–Trinajstić information content (AvgIpc) is 2.65. The van der Waals surface area contributed by atoms with Gasteiger partial charge in [-0.3, -0.25) is 0 Å². The second-order valence-electron chi connectivity index (χ2n) is 4.96. The summed E-state index contributed by atoms with van der Waals surface area (Å²) in [5.74, 6) is 0.644. The van der Waals surface area contributed by atoms with E-state index in [1.54, 1.807) is 11.3 Å². The fourth-order valence-electron chi connectivity index (χ4n) is 2.30. The number of piperidine rings is 1. The number of likely N-dealkylation sites (N-methyl/N-ethyl adjacent to an activating group) is 1. The monoisotopic (exact) mass is 239 g/mol. The molecular weight excluding hydrogens is 218 g/mol. The smallest absolute Gasteiger partial charge is 0.0972 e. The third-order valence-corrected chi connectivity index (χ3v) is 4.13. The van der Waals surface area contributed by atoms with Crippen LogP contribution in [0.2, 0.25) is 0 Å². The number of hydrogen-bond acceptors (Lipinski definition) is 4. The van der Waals surface area contributed by atoms with Gasteiger partial charge >= 0.3 is 0 Å². The molecule has 0 spiro atoms. The van der Waals surface area contributed by atoms with Crippen LogP contribution in [0.4, 0.5) is 0 Å². The van der Waals surface area contributed by atoms with Crippen LogP contribution in [-0.4, -0.2) is 36.1 Å². The second-order valence-corrected chi connectivity index (χ2v) is 5.85. The summed E-state index contributed by atoms with van der Waals surface area (Å²) in [4.78, 5) is 7.12. The molecule has 1 aromatic rings. The molecule has 0 amide bonds. The number of nitrogens with two attached hydrogens (primary N) is 1. The van der Waals surface area contributed by atoms with Crippen LogP contribution in [0.5, 0.6) is 0 Å². The molecule has 2 heterocycles. The highest BCUT2D eigenvalue weighted by molar-refractivity contribution is 7.09. The minimum Gasteiger partial charge on any atom is -0.328 e. The maximum Gasteiger partial charge on any atom is 0.0972 e. The molecule has 1 aliphatic rings. The first-order valence-electron chi connectivity index (χ1n) is 6.03. The van der Waals surface area contributed by atoms with Gasteiger partial charge in [-0.15, -0.1) is 11.3 Å². The minimum absolute atomic E-state index is 0.212. The normalized spacial score (nSPS) is 24.6. The number of nitrogens with zero attached hydrogens (tertiary/aromatic N) is 2. The lowest BCUT2D eigenvalue weighted by Gasteiger charge is -2.28. The van der Waals surface area contributed by atoms with E-state index in [2.05, 4.69) is 17.3 Å². The van der Waals surface area contributed by atoms with Gasteiger partial charge in [0.2, 0.25) is 0 Å². The van der Waals surface area contributed by atoms with E-state index in [4.69, 9.17) is 10.7 Å². The summed E-state index contributed by atoms with van der Waals surface area (Å²) in [6, 6.07) is 0.212. The number of hydrogen-bond donors (Lipinski definition) is 1. The zero-order valence-corrected chi connectivity index (χ0v) is 11.0. The van der Waals surface area contributed by atoms with Crippen LogP contribution in [0.1, 0.15) is 36.4 Å². The fourth-order valence-corrected chi connectivity index (χ4v) is 3.26. The van der Waals surface area contributed by atoms with E-state index in [1.165, 1.54) is 30.1 Å². The van der Waals surface area contributed by atoms with Crippen molar-refractivity contribution in [3.05, 3.63) is 16.1 Å². The van der Waals surface area contributed by atoms with E-state index in [0.717, 1.165) is 13.0 Å². The van der Waals surface area contributed by atoms with Crippen LogP contribution < -0.4 is 5.73 Å². The Hall–Kier alpha value is -0.450. The molecule has 1 fully saturated rings. The standard InChI is InChI=1S/C12H21N3S/c1-9(13)6-11-8-16-12(14-11)10-4-3-5-15(2)7-10/h8-10H,3-7,13H2,1-2H3. The lowest BCUT2D eigenvalue weighted by Crippen LogP contribution is -2.30. The summed E-state index contributed by atoms with van der Waals surface area (Å²) in [6.07, 6.45) is 3.48.